The first-order valence-corrected chi connectivity index (χ1v) is 5.91. The molecule has 0 radical (unpaired) electrons. The lowest BCUT2D eigenvalue weighted by atomic mass is 10.1. The summed E-state index contributed by atoms with van der Waals surface area (Å²) in [5.74, 6) is 0.583. The van der Waals surface area contributed by atoms with E-state index >= 15 is 0 Å². The fourth-order valence-electron chi connectivity index (χ4n) is 1.99. The predicted octanol–water partition coefficient (Wildman–Crippen LogP) is 0.0545. The third kappa shape index (κ3) is 4.93. The number of hydrogen-bond acceptors (Lipinski definition) is 4. The lowest BCUT2D eigenvalue weighted by molar-refractivity contribution is -0.00942. The van der Waals surface area contributed by atoms with Crippen molar-refractivity contribution in [3.05, 3.63) is 0 Å². The summed E-state index contributed by atoms with van der Waals surface area (Å²) in [5.41, 5.74) is 5.60. The Kier molecular flexibility index (Phi) is 6.17. The van der Waals surface area contributed by atoms with E-state index in [-0.39, 0.29) is 6.61 Å². The topological polar surface area (TPSA) is 58.7 Å². The van der Waals surface area contributed by atoms with Crippen molar-refractivity contribution in [2.45, 2.75) is 25.9 Å². The predicted molar refractivity (Wildman–Crippen MR) is 60.7 cm³/mol. The first-order chi connectivity index (χ1) is 7.26. The van der Waals surface area contributed by atoms with E-state index in [4.69, 9.17) is 15.6 Å². The molecule has 1 fully saturated rings. The first-order valence-electron chi connectivity index (χ1n) is 5.91. The molecular formula is C11H24N2O2. The van der Waals surface area contributed by atoms with Crippen molar-refractivity contribution in [1.29, 1.82) is 0 Å². The molecule has 1 atom stereocenters. The number of ether oxygens (including phenoxy) is 1. The molecule has 15 heavy (non-hydrogen) atoms. The number of hydrogen-bond donors (Lipinski definition) is 2. The van der Waals surface area contributed by atoms with Crippen LogP contribution in [-0.4, -0.2) is 55.5 Å². The maximum Gasteiger partial charge on any atom is 0.0701 e. The van der Waals surface area contributed by atoms with Gasteiger partial charge in [-0.05, 0) is 25.3 Å². The fraction of sp³-hybridized carbons (Fsp3) is 1.00. The highest BCUT2D eigenvalue weighted by atomic mass is 16.5. The van der Waals surface area contributed by atoms with Crippen molar-refractivity contribution in [2.75, 3.05) is 39.4 Å². The van der Waals surface area contributed by atoms with Gasteiger partial charge in [-0.15, -0.1) is 0 Å². The molecule has 3 N–H and O–H groups in total. The van der Waals surface area contributed by atoms with Gasteiger partial charge in [0, 0.05) is 19.6 Å². The molecule has 0 amide bonds. The molecule has 0 spiro atoms. The molecule has 90 valence electrons. The Labute approximate surface area is 92.4 Å². The van der Waals surface area contributed by atoms with E-state index in [1.54, 1.807) is 0 Å². The normalized spacial score (nSPS) is 21.8. The summed E-state index contributed by atoms with van der Waals surface area (Å²) >= 11 is 0. The van der Waals surface area contributed by atoms with Crippen LogP contribution in [0.1, 0.15) is 19.8 Å². The van der Waals surface area contributed by atoms with Crippen LogP contribution in [0.15, 0.2) is 0 Å². The minimum absolute atomic E-state index is 0.129. The Balaban J connectivity index is 2.12. The number of piperidine rings is 1. The van der Waals surface area contributed by atoms with Gasteiger partial charge in [-0.2, -0.15) is 0 Å². The summed E-state index contributed by atoms with van der Waals surface area (Å²) in [4.78, 5) is 2.45. The second kappa shape index (κ2) is 7.17. The lowest BCUT2D eigenvalue weighted by Crippen LogP contribution is -2.40. The van der Waals surface area contributed by atoms with Crippen molar-refractivity contribution in [2.24, 2.45) is 11.7 Å². The van der Waals surface area contributed by atoms with Crippen molar-refractivity contribution in [3.63, 3.8) is 0 Å². The minimum Gasteiger partial charge on any atom is -0.394 e. The second-order valence-electron chi connectivity index (χ2n) is 4.44. The second-order valence-corrected chi connectivity index (χ2v) is 4.44. The maximum absolute atomic E-state index is 8.65. The molecule has 0 aromatic heterocycles. The quantitative estimate of drug-likeness (QED) is 0.659. The number of nitrogens with zero attached hydrogens (tertiary/aromatic N) is 1. The lowest BCUT2D eigenvalue weighted by Gasteiger charge is -2.33. The van der Waals surface area contributed by atoms with E-state index in [1.807, 2.05) is 0 Å². The molecule has 1 heterocycles. The van der Waals surface area contributed by atoms with Crippen LogP contribution in [0.4, 0.5) is 0 Å². The average molecular weight is 216 g/mol. The van der Waals surface area contributed by atoms with Gasteiger partial charge in [0.25, 0.3) is 0 Å². The Morgan fingerprint density at radius 3 is 2.67 bits per heavy atom. The van der Waals surface area contributed by atoms with Crippen LogP contribution in [0.25, 0.3) is 0 Å². The summed E-state index contributed by atoms with van der Waals surface area (Å²) < 4.78 is 5.51. The molecule has 0 aromatic carbocycles. The molecule has 4 heteroatoms. The van der Waals surface area contributed by atoms with Crippen LogP contribution in [0, 0.1) is 5.92 Å². The standard InChI is InChI=1S/C11H24N2O2/c1-10(8-12)9-13-4-2-11(3-5-13)15-7-6-14/h10-11,14H,2-9,12H2,1H3. The van der Waals surface area contributed by atoms with Crippen LogP contribution in [0.2, 0.25) is 0 Å². The van der Waals surface area contributed by atoms with Crippen LogP contribution < -0.4 is 5.73 Å². The number of nitrogens with two attached hydrogens (primary N) is 1. The molecule has 1 rings (SSSR count). The van der Waals surface area contributed by atoms with Crippen molar-refractivity contribution in [3.8, 4) is 0 Å². The van der Waals surface area contributed by atoms with E-state index in [0.717, 1.165) is 39.0 Å². The van der Waals surface area contributed by atoms with E-state index in [9.17, 15) is 0 Å². The van der Waals surface area contributed by atoms with Gasteiger partial charge in [0.2, 0.25) is 0 Å². The van der Waals surface area contributed by atoms with Gasteiger partial charge >= 0.3 is 0 Å². The van der Waals surface area contributed by atoms with Gasteiger partial charge in [0.1, 0.15) is 0 Å². The van der Waals surface area contributed by atoms with Crippen LogP contribution in [0.5, 0.6) is 0 Å². The molecule has 0 bridgehead atoms. The summed E-state index contributed by atoms with van der Waals surface area (Å²) in [7, 11) is 0. The van der Waals surface area contributed by atoms with Gasteiger partial charge in [0.15, 0.2) is 0 Å². The summed E-state index contributed by atoms with van der Waals surface area (Å²) in [6, 6.07) is 0. The fourth-order valence-corrected chi connectivity index (χ4v) is 1.99. The zero-order chi connectivity index (χ0) is 11.1. The van der Waals surface area contributed by atoms with Gasteiger partial charge in [0.05, 0.1) is 19.3 Å². The van der Waals surface area contributed by atoms with Crippen molar-refractivity contribution >= 4 is 0 Å². The number of rotatable bonds is 6. The third-order valence-electron chi connectivity index (χ3n) is 2.95. The highest BCUT2D eigenvalue weighted by Crippen LogP contribution is 2.14. The van der Waals surface area contributed by atoms with Crippen molar-refractivity contribution in [1.82, 2.24) is 4.90 Å². The largest absolute Gasteiger partial charge is 0.394 e. The van der Waals surface area contributed by atoms with E-state index in [0.29, 0.717) is 18.6 Å². The third-order valence-corrected chi connectivity index (χ3v) is 2.95. The van der Waals surface area contributed by atoms with Crippen LogP contribution in [-0.2, 0) is 4.74 Å². The Morgan fingerprint density at radius 2 is 2.13 bits per heavy atom. The maximum atomic E-state index is 8.65. The molecule has 0 aromatic rings. The molecule has 1 unspecified atom stereocenters. The van der Waals surface area contributed by atoms with E-state index in [2.05, 4.69) is 11.8 Å². The molecule has 1 saturated heterocycles. The number of aliphatic hydroxyl groups is 1. The highest BCUT2D eigenvalue weighted by Gasteiger charge is 2.20. The highest BCUT2D eigenvalue weighted by molar-refractivity contribution is 4.74. The smallest absolute Gasteiger partial charge is 0.0701 e. The molecular weight excluding hydrogens is 192 g/mol. The number of aliphatic hydroxyl groups excluding tert-OH is 1. The van der Waals surface area contributed by atoms with Crippen LogP contribution >= 0.6 is 0 Å². The molecule has 0 aliphatic carbocycles. The van der Waals surface area contributed by atoms with Crippen LogP contribution in [0.3, 0.4) is 0 Å². The molecule has 0 saturated carbocycles. The number of likely N-dealkylation sites (tertiary alicyclic amines) is 1. The summed E-state index contributed by atoms with van der Waals surface area (Å²) in [6.07, 6.45) is 2.51. The zero-order valence-corrected chi connectivity index (χ0v) is 9.69. The van der Waals surface area contributed by atoms with Gasteiger partial charge in [-0.25, -0.2) is 0 Å². The first kappa shape index (κ1) is 12.9. The van der Waals surface area contributed by atoms with Gasteiger partial charge in [-0.1, -0.05) is 6.92 Å². The zero-order valence-electron chi connectivity index (χ0n) is 9.69. The van der Waals surface area contributed by atoms with E-state index < -0.39 is 0 Å². The molecule has 1 aliphatic heterocycles. The average Bonchev–Trinajstić information content (AvgIpc) is 2.28. The summed E-state index contributed by atoms with van der Waals surface area (Å²) in [6.45, 7) is 6.85. The van der Waals surface area contributed by atoms with Gasteiger partial charge < -0.3 is 20.5 Å². The Morgan fingerprint density at radius 1 is 1.47 bits per heavy atom. The monoisotopic (exact) mass is 216 g/mol. The van der Waals surface area contributed by atoms with E-state index in [1.165, 1.54) is 0 Å². The Hall–Kier alpha value is -0.160. The summed E-state index contributed by atoms with van der Waals surface area (Å²) in [5, 5.41) is 8.65. The van der Waals surface area contributed by atoms with Gasteiger partial charge in [-0.3, -0.25) is 0 Å². The molecule has 1 aliphatic rings. The van der Waals surface area contributed by atoms with Crippen molar-refractivity contribution < 1.29 is 9.84 Å². The molecule has 4 nitrogen and oxygen atoms in total. The Bertz CT molecular complexity index is 159. The minimum atomic E-state index is 0.129. The SMILES string of the molecule is CC(CN)CN1CCC(OCCO)CC1.